The van der Waals surface area contributed by atoms with Crippen LogP contribution in [0.15, 0.2) is 6.07 Å². The molecule has 0 atom stereocenters. The lowest BCUT2D eigenvalue weighted by Crippen LogP contribution is -2.28. The Balaban J connectivity index is 2.14. The largest absolute Gasteiger partial charge is 0.476 e. The van der Waals surface area contributed by atoms with Crippen molar-refractivity contribution >= 4 is 33.2 Å². The summed E-state index contributed by atoms with van der Waals surface area (Å²) in [6.45, 7) is 9.98. The van der Waals surface area contributed by atoms with Gasteiger partial charge in [-0.3, -0.25) is 0 Å². The van der Waals surface area contributed by atoms with Gasteiger partial charge in [0.05, 0.1) is 5.39 Å². The van der Waals surface area contributed by atoms with E-state index in [2.05, 4.69) is 41.7 Å². The number of nitrogens with zero attached hydrogens (tertiary/aromatic N) is 3. The normalized spacial score (nSPS) is 11.4. The van der Waals surface area contributed by atoms with Crippen molar-refractivity contribution in [2.24, 2.45) is 0 Å². The molecule has 0 amide bonds. The third-order valence-corrected chi connectivity index (χ3v) is 4.61. The zero-order valence-corrected chi connectivity index (χ0v) is 13.7. The van der Waals surface area contributed by atoms with E-state index in [9.17, 15) is 0 Å². The molecule has 2 rings (SSSR count). The summed E-state index contributed by atoms with van der Waals surface area (Å²) in [5, 5.41) is 1.22. The molecule has 0 aliphatic rings. The van der Waals surface area contributed by atoms with Gasteiger partial charge in [-0.15, -0.1) is 11.3 Å². The highest BCUT2D eigenvalue weighted by Crippen LogP contribution is 2.31. The fraction of sp³-hybridized carbons (Fsp3) is 0.571. The Bertz CT molecular complexity index is 569. The van der Waals surface area contributed by atoms with E-state index in [1.54, 1.807) is 11.3 Å². The van der Waals surface area contributed by atoms with Crippen molar-refractivity contribution in [3.63, 3.8) is 0 Å². The summed E-state index contributed by atoms with van der Waals surface area (Å²) in [5.41, 5.74) is 0. The number of aromatic nitrogens is 2. The Hall–Kier alpha value is -0.910. The van der Waals surface area contributed by atoms with Gasteiger partial charge in [0.2, 0.25) is 11.2 Å². The minimum atomic E-state index is 0.250. The van der Waals surface area contributed by atoms with E-state index >= 15 is 0 Å². The predicted molar refractivity (Wildman–Crippen MR) is 85.1 cm³/mol. The molecular formula is C14H20ClN3OS. The lowest BCUT2D eigenvalue weighted by atomic mass is 10.3. The molecule has 0 N–H and O–H groups in total. The molecule has 6 heteroatoms. The lowest BCUT2D eigenvalue weighted by Gasteiger charge is -2.17. The molecule has 2 aromatic rings. The van der Waals surface area contributed by atoms with Crippen LogP contribution in [0.2, 0.25) is 5.28 Å². The second kappa shape index (κ2) is 7.20. The van der Waals surface area contributed by atoms with Gasteiger partial charge in [0.1, 0.15) is 11.4 Å². The first-order valence-corrected chi connectivity index (χ1v) is 8.18. The first-order chi connectivity index (χ1) is 9.67. The molecule has 2 aromatic heterocycles. The van der Waals surface area contributed by atoms with E-state index < -0.39 is 0 Å². The van der Waals surface area contributed by atoms with Crippen LogP contribution in [-0.2, 0) is 6.42 Å². The Labute approximate surface area is 128 Å². The van der Waals surface area contributed by atoms with Gasteiger partial charge in [-0.05, 0) is 37.2 Å². The zero-order chi connectivity index (χ0) is 14.5. The second-order valence-electron chi connectivity index (χ2n) is 4.46. The summed E-state index contributed by atoms with van der Waals surface area (Å²) in [6, 6.07) is 2.10. The molecule has 0 aliphatic carbocycles. The number of halogens is 1. The number of hydrogen-bond donors (Lipinski definition) is 0. The summed E-state index contributed by atoms with van der Waals surface area (Å²) in [5.74, 6) is 0.600. The molecule has 110 valence electrons. The molecule has 0 spiro atoms. The number of rotatable bonds is 7. The van der Waals surface area contributed by atoms with Crippen molar-refractivity contribution < 1.29 is 4.74 Å². The molecule has 0 fully saturated rings. The van der Waals surface area contributed by atoms with Crippen LogP contribution in [0.4, 0.5) is 0 Å². The quantitative estimate of drug-likeness (QED) is 0.732. The number of thiophene rings is 1. The van der Waals surface area contributed by atoms with Crippen LogP contribution in [0.5, 0.6) is 5.88 Å². The zero-order valence-electron chi connectivity index (χ0n) is 12.1. The van der Waals surface area contributed by atoms with Gasteiger partial charge in [0.15, 0.2) is 0 Å². The monoisotopic (exact) mass is 313 g/mol. The van der Waals surface area contributed by atoms with Gasteiger partial charge in [-0.25, -0.2) is 4.98 Å². The summed E-state index contributed by atoms with van der Waals surface area (Å²) in [4.78, 5) is 13.0. The van der Waals surface area contributed by atoms with Crippen LogP contribution in [-0.4, -0.2) is 41.1 Å². The summed E-state index contributed by atoms with van der Waals surface area (Å²) < 4.78 is 5.82. The molecule has 0 aromatic carbocycles. The summed E-state index contributed by atoms with van der Waals surface area (Å²) in [6.07, 6.45) is 0.984. The SMILES string of the molecule is CCc1cc2c(OCCN(CC)CC)nc(Cl)nc2s1. The van der Waals surface area contributed by atoms with Crippen LogP contribution in [0.25, 0.3) is 10.2 Å². The maximum absolute atomic E-state index is 5.97. The van der Waals surface area contributed by atoms with E-state index in [4.69, 9.17) is 16.3 Å². The maximum atomic E-state index is 5.97. The fourth-order valence-electron chi connectivity index (χ4n) is 2.02. The maximum Gasteiger partial charge on any atom is 0.227 e. The van der Waals surface area contributed by atoms with Crippen LogP contribution in [0.3, 0.4) is 0 Å². The first-order valence-electron chi connectivity index (χ1n) is 6.99. The molecule has 0 bridgehead atoms. The van der Waals surface area contributed by atoms with E-state index in [1.807, 2.05) is 0 Å². The Morgan fingerprint density at radius 2 is 2.00 bits per heavy atom. The van der Waals surface area contributed by atoms with E-state index in [-0.39, 0.29) is 5.28 Å². The average molecular weight is 314 g/mol. The fourth-order valence-corrected chi connectivity index (χ4v) is 3.19. The number of fused-ring (bicyclic) bond motifs is 1. The highest BCUT2D eigenvalue weighted by Gasteiger charge is 2.12. The molecular weight excluding hydrogens is 294 g/mol. The van der Waals surface area contributed by atoms with Crippen molar-refractivity contribution in [2.45, 2.75) is 27.2 Å². The van der Waals surface area contributed by atoms with Crippen molar-refractivity contribution in [1.82, 2.24) is 14.9 Å². The Kier molecular flexibility index (Phi) is 5.57. The molecule has 2 heterocycles. The van der Waals surface area contributed by atoms with E-state index in [0.717, 1.165) is 36.3 Å². The van der Waals surface area contributed by atoms with Crippen LogP contribution in [0.1, 0.15) is 25.6 Å². The van der Waals surface area contributed by atoms with Crippen molar-refractivity contribution in [2.75, 3.05) is 26.2 Å². The van der Waals surface area contributed by atoms with E-state index in [0.29, 0.717) is 12.5 Å². The van der Waals surface area contributed by atoms with Gasteiger partial charge >= 0.3 is 0 Å². The minimum Gasteiger partial charge on any atom is -0.476 e. The molecule has 4 nitrogen and oxygen atoms in total. The van der Waals surface area contributed by atoms with Crippen molar-refractivity contribution in [3.05, 3.63) is 16.2 Å². The Morgan fingerprint density at radius 3 is 2.65 bits per heavy atom. The molecule has 0 aliphatic heterocycles. The smallest absolute Gasteiger partial charge is 0.227 e. The van der Waals surface area contributed by atoms with Gasteiger partial charge in [0, 0.05) is 11.4 Å². The van der Waals surface area contributed by atoms with Gasteiger partial charge < -0.3 is 9.64 Å². The van der Waals surface area contributed by atoms with Crippen molar-refractivity contribution in [3.8, 4) is 5.88 Å². The molecule has 0 unspecified atom stereocenters. The summed E-state index contributed by atoms with van der Waals surface area (Å²) in [7, 11) is 0. The predicted octanol–water partition coefficient (Wildman–Crippen LogP) is 3.63. The number of hydrogen-bond acceptors (Lipinski definition) is 5. The van der Waals surface area contributed by atoms with Crippen LogP contribution < -0.4 is 4.74 Å². The summed E-state index contributed by atoms with van der Waals surface area (Å²) >= 11 is 7.61. The third kappa shape index (κ3) is 3.59. The minimum absolute atomic E-state index is 0.250. The van der Waals surface area contributed by atoms with Gasteiger partial charge in [0.25, 0.3) is 0 Å². The topological polar surface area (TPSA) is 38.2 Å². The Morgan fingerprint density at radius 1 is 1.25 bits per heavy atom. The number of aryl methyl sites for hydroxylation is 1. The number of likely N-dealkylation sites (N-methyl/N-ethyl adjacent to an activating group) is 1. The average Bonchev–Trinajstić information content (AvgIpc) is 2.86. The molecule has 0 radical (unpaired) electrons. The van der Waals surface area contributed by atoms with Gasteiger partial charge in [-0.2, -0.15) is 4.98 Å². The second-order valence-corrected chi connectivity index (χ2v) is 5.91. The molecule has 0 saturated heterocycles. The lowest BCUT2D eigenvalue weighted by molar-refractivity contribution is 0.219. The van der Waals surface area contributed by atoms with Gasteiger partial charge in [-0.1, -0.05) is 20.8 Å². The van der Waals surface area contributed by atoms with Crippen LogP contribution >= 0.6 is 22.9 Å². The molecule has 0 saturated carbocycles. The highest BCUT2D eigenvalue weighted by molar-refractivity contribution is 7.18. The van der Waals surface area contributed by atoms with E-state index in [1.165, 1.54) is 4.88 Å². The third-order valence-electron chi connectivity index (χ3n) is 3.27. The highest BCUT2D eigenvalue weighted by atomic mass is 35.5. The van der Waals surface area contributed by atoms with Crippen LogP contribution in [0, 0.1) is 0 Å². The first kappa shape index (κ1) is 15.5. The standard InChI is InChI=1S/C14H20ClN3OS/c1-4-10-9-11-12(16-14(15)17-13(11)20-10)19-8-7-18(5-2)6-3/h9H,4-8H2,1-3H3. The molecule has 20 heavy (non-hydrogen) atoms. The van der Waals surface area contributed by atoms with Crippen molar-refractivity contribution in [1.29, 1.82) is 0 Å². The number of ether oxygens (including phenoxy) is 1.